The van der Waals surface area contributed by atoms with Crippen LogP contribution in [0.25, 0.3) is 0 Å². The molecule has 1 saturated heterocycles. The predicted molar refractivity (Wildman–Crippen MR) is 72.8 cm³/mol. The van der Waals surface area contributed by atoms with E-state index in [1.165, 1.54) is 6.42 Å². The van der Waals surface area contributed by atoms with E-state index in [1.807, 2.05) is 11.9 Å². The number of nitriles is 1. The number of pyridine rings is 1. The molecule has 2 rings (SSSR count). The Kier molecular flexibility index (Phi) is 4.05. The van der Waals surface area contributed by atoms with Crippen molar-refractivity contribution < 1.29 is 0 Å². The van der Waals surface area contributed by atoms with Crippen molar-refractivity contribution in [1.29, 1.82) is 5.26 Å². The molecule has 1 aliphatic heterocycles. The van der Waals surface area contributed by atoms with E-state index >= 15 is 0 Å². The smallest absolute Gasteiger partial charge is 0.148 e. The third kappa shape index (κ3) is 2.74. The number of hydrogen-bond donors (Lipinski definition) is 0. The van der Waals surface area contributed by atoms with Crippen LogP contribution < -0.4 is 4.90 Å². The van der Waals surface area contributed by atoms with Gasteiger partial charge in [-0.1, -0.05) is 11.6 Å². The molecule has 0 radical (unpaired) electrons. The van der Waals surface area contributed by atoms with Gasteiger partial charge >= 0.3 is 0 Å². The fourth-order valence-electron chi connectivity index (χ4n) is 2.43. The molecule has 1 aromatic heterocycles. The van der Waals surface area contributed by atoms with E-state index in [2.05, 4.69) is 23.0 Å². The fourth-order valence-corrected chi connectivity index (χ4v) is 2.73. The van der Waals surface area contributed by atoms with Gasteiger partial charge in [-0.15, -0.1) is 0 Å². The zero-order valence-corrected chi connectivity index (χ0v) is 11.5. The summed E-state index contributed by atoms with van der Waals surface area (Å²) in [5.41, 5.74) is 0.483. The lowest BCUT2D eigenvalue weighted by Gasteiger charge is -2.23. The molecule has 1 fully saturated rings. The summed E-state index contributed by atoms with van der Waals surface area (Å²) in [4.78, 5) is 8.66. The van der Waals surface area contributed by atoms with E-state index in [0.717, 1.165) is 19.6 Å². The van der Waals surface area contributed by atoms with Crippen LogP contribution in [0.2, 0.25) is 5.02 Å². The molecule has 0 aromatic carbocycles. The first-order chi connectivity index (χ1) is 8.61. The fraction of sp³-hybridized carbons (Fsp3) is 0.538. The van der Waals surface area contributed by atoms with Gasteiger partial charge < -0.3 is 9.80 Å². The van der Waals surface area contributed by atoms with Crippen LogP contribution in [0.5, 0.6) is 0 Å². The molecule has 18 heavy (non-hydrogen) atoms. The van der Waals surface area contributed by atoms with Gasteiger partial charge in [0.1, 0.15) is 16.9 Å². The molecule has 5 heteroatoms. The number of nitrogens with zero attached hydrogens (tertiary/aromatic N) is 4. The van der Waals surface area contributed by atoms with Crippen LogP contribution in [0.4, 0.5) is 5.82 Å². The molecule has 0 bridgehead atoms. The van der Waals surface area contributed by atoms with Crippen molar-refractivity contribution in [3.05, 3.63) is 22.8 Å². The highest BCUT2D eigenvalue weighted by Crippen LogP contribution is 2.27. The van der Waals surface area contributed by atoms with E-state index in [0.29, 0.717) is 22.3 Å². The van der Waals surface area contributed by atoms with Gasteiger partial charge in [0, 0.05) is 26.3 Å². The van der Waals surface area contributed by atoms with Gasteiger partial charge in [-0.2, -0.15) is 5.26 Å². The molecule has 2 heterocycles. The van der Waals surface area contributed by atoms with E-state index in [4.69, 9.17) is 16.9 Å². The summed E-state index contributed by atoms with van der Waals surface area (Å²) < 4.78 is 0. The highest BCUT2D eigenvalue weighted by atomic mass is 35.5. The average Bonchev–Trinajstić information content (AvgIpc) is 2.75. The maximum atomic E-state index is 8.96. The van der Waals surface area contributed by atoms with Crippen LogP contribution in [-0.2, 0) is 0 Å². The molecule has 1 aliphatic rings. The predicted octanol–water partition coefficient (Wildman–Crippen LogP) is 1.99. The van der Waals surface area contributed by atoms with Gasteiger partial charge in [0.2, 0.25) is 0 Å². The van der Waals surface area contributed by atoms with Gasteiger partial charge in [0.25, 0.3) is 0 Å². The van der Waals surface area contributed by atoms with Gasteiger partial charge in [0.15, 0.2) is 0 Å². The van der Waals surface area contributed by atoms with Crippen molar-refractivity contribution in [3.63, 3.8) is 0 Å². The second kappa shape index (κ2) is 5.55. The van der Waals surface area contributed by atoms with Crippen LogP contribution in [0, 0.1) is 17.2 Å². The Hall–Kier alpha value is -1.31. The summed E-state index contributed by atoms with van der Waals surface area (Å²) >= 11 is 6.18. The standard InChI is InChI=1S/C13H17ClN4/c1-17-6-4-10(8-17)9-18(2)13-12(14)11(7-15)3-5-16-13/h3,5,10H,4,6,8-9H2,1-2H3. The van der Waals surface area contributed by atoms with Crippen molar-refractivity contribution in [2.75, 3.05) is 38.6 Å². The minimum Gasteiger partial charge on any atom is -0.358 e. The lowest BCUT2D eigenvalue weighted by Crippen LogP contribution is -2.28. The second-order valence-electron chi connectivity index (χ2n) is 4.91. The molecule has 1 aromatic rings. The summed E-state index contributed by atoms with van der Waals surface area (Å²) in [6.07, 6.45) is 2.84. The first-order valence-corrected chi connectivity index (χ1v) is 6.44. The Morgan fingerprint density at radius 3 is 3.06 bits per heavy atom. The van der Waals surface area contributed by atoms with Crippen molar-refractivity contribution >= 4 is 17.4 Å². The van der Waals surface area contributed by atoms with Crippen LogP contribution in [0.15, 0.2) is 12.3 Å². The van der Waals surface area contributed by atoms with Crippen LogP contribution >= 0.6 is 11.6 Å². The van der Waals surface area contributed by atoms with Crippen molar-refractivity contribution in [3.8, 4) is 6.07 Å². The van der Waals surface area contributed by atoms with E-state index in [-0.39, 0.29) is 0 Å². The Balaban J connectivity index is 2.09. The summed E-state index contributed by atoms with van der Waals surface area (Å²) in [5, 5.41) is 9.41. The largest absolute Gasteiger partial charge is 0.358 e. The minimum absolute atomic E-state index is 0.453. The normalized spacial score (nSPS) is 19.8. The number of rotatable bonds is 3. The zero-order chi connectivity index (χ0) is 13.1. The first kappa shape index (κ1) is 13.1. The van der Waals surface area contributed by atoms with Crippen LogP contribution in [0.1, 0.15) is 12.0 Å². The number of anilines is 1. The Bertz CT molecular complexity index is 469. The summed E-state index contributed by atoms with van der Waals surface area (Å²) in [6, 6.07) is 3.73. The van der Waals surface area contributed by atoms with Crippen LogP contribution in [-0.4, -0.2) is 43.6 Å². The SMILES string of the molecule is CN1CCC(CN(C)c2nccc(C#N)c2Cl)C1. The minimum atomic E-state index is 0.453. The zero-order valence-electron chi connectivity index (χ0n) is 10.7. The van der Waals surface area contributed by atoms with Crippen LogP contribution in [0.3, 0.4) is 0 Å². The van der Waals surface area contributed by atoms with Crippen molar-refractivity contribution in [1.82, 2.24) is 9.88 Å². The number of likely N-dealkylation sites (tertiary alicyclic amines) is 1. The average molecular weight is 265 g/mol. The monoisotopic (exact) mass is 264 g/mol. The molecule has 0 amide bonds. The topological polar surface area (TPSA) is 43.2 Å². The highest BCUT2D eigenvalue weighted by Gasteiger charge is 2.22. The summed E-state index contributed by atoms with van der Waals surface area (Å²) in [7, 11) is 4.12. The number of aromatic nitrogens is 1. The second-order valence-corrected chi connectivity index (χ2v) is 5.28. The van der Waals surface area contributed by atoms with E-state index in [9.17, 15) is 0 Å². The Morgan fingerprint density at radius 1 is 1.67 bits per heavy atom. The number of halogens is 1. The molecular weight excluding hydrogens is 248 g/mol. The first-order valence-electron chi connectivity index (χ1n) is 6.06. The Morgan fingerprint density at radius 2 is 2.44 bits per heavy atom. The lowest BCUT2D eigenvalue weighted by atomic mass is 10.1. The maximum absolute atomic E-state index is 8.96. The molecule has 0 N–H and O–H groups in total. The molecule has 96 valence electrons. The van der Waals surface area contributed by atoms with E-state index < -0.39 is 0 Å². The van der Waals surface area contributed by atoms with Gasteiger partial charge in [-0.25, -0.2) is 4.98 Å². The molecule has 4 nitrogen and oxygen atoms in total. The lowest BCUT2D eigenvalue weighted by molar-refractivity contribution is 0.395. The molecule has 1 unspecified atom stereocenters. The van der Waals surface area contributed by atoms with Gasteiger partial charge in [-0.3, -0.25) is 0 Å². The Labute approximate surface area is 113 Å². The van der Waals surface area contributed by atoms with Gasteiger partial charge in [0.05, 0.1) is 5.56 Å². The molecule has 0 saturated carbocycles. The highest BCUT2D eigenvalue weighted by molar-refractivity contribution is 6.34. The number of hydrogen-bond acceptors (Lipinski definition) is 4. The van der Waals surface area contributed by atoms with Gasteiger partial charge in [-0.05, 0) is 32.0 Å². The van der Waals surface area contributed by atoms with Crippen molar-refractivity contribution in [2.45, 2.75) is 6.42 Å². The third-order valence-electron chi connectivity index (χ3n) is 3.37. The molecule has 1 atom stereocenters. The summed E-state index contributed by atoms with van der Waals surface area (Å²) in [6.45, 7) is 3.18. The molecule has 0 aliphatic carbocycles. The summed E-state index contributed by atoms with van der Waals surface area (Å²) in [5.74, 6) is 1.34. The van der Waals surface area contributed by atoms with Crippen molar-refractivity contribution in [2.24, 2.45) is 5.92 Å². The van der Waals surface area contributed by atoms with E-state index in [1.54, 1.807) is 12.3 Å². The third-order valence-corrected chi connectivity index (χ3v) is 3.75. The molecule has 0 spiro atoms. The quantitative estimate of drug-likeness (QED) is 0.838. The maximum Gasteiger partial charge on any atom is 0.148 e. The molecular formula is C13H17ClN4.